The highest BCUT2D eigenvalue weighted by atomic mass is 35.5. The Morgan fingerprint density at radius 1 is 1.00 bits per heavy atom. The van der Waals surface area contributed by atoms with Gasteiger partial charge in [-0.05, 0) is 33.2 Å². The Morgan fingerprint density at radius 2 is 1.55 bits per heavy atom. The zero-order valence-corrected chi connectivity index (χ0v) is 14.5. The van der Waals surface area contributed by atoms with Gasteiger partial charge in [0.25, 0.3) is 0 Å². The Kier molecular flexibility index (Phi) is 14.1. The minimum absolute atomic E-state index is 0. The standard InChI is InChI=1S/C14H29N3O.2ClH/c1-13(2)16-9-11-17(12-10-16)14(18)7-5-3-4-6-8-15;;/h13H,3-12,15H2,1-2H3;2*1H. The van der Waals surface area contributed by atoms with Crippen LogP contribution in [0.2, 0.25) is 0 Å². The Hall–Kier alpha value is -0.0300. The van der Waals surface area contributed by atoms with E-state index in [1.54, 1.807) is 0 Å². The summed E-state index contributed by atoms with van der Waals surface area (Å²) in [5.41, 5.74) is 5.45. The molecule has 4 nitrogen and oxygen atoms in total. The average Bonchev–Trinajstić information content (AvgIpc) is 2.38. The Morgan fingerprint density at radius 3 is 2.05 bits per heavy atom. The first-order valence-electron chi connectivity index (χ1n) is 7.37. The number of piperazine rings is 1. The Balaban J connectivity index is 0. The number of carbonyl (C=O) groups is 1. The van der Waals surface area contributed by atoms with E-state index in [9.17, 15) is 4.79 Å². The van der Waals surface area contributed by atoms with Gasteiger partial charge >= 0.3 is 0 Å². The van der Waals surface area contributed by atoms with Gasteiger partial charge in [-0.25, -0.2) is 0 Å². The summed E-state index contributed by atoms with van der Waals surface area (Å²) in [6.45, 7) is 9.06. The van der Waals surface area contributed by atoms with Crippen molar-refractivity contribution in [2.75, 3.05) is 32.7 Å². The summed E-state index contributed by atoms with van der Waals surface area (Å²) in [4.78, 5) is 16.5. The van der Waals surface area contributed by atoms with Gasteiger partial charge in [-0.1, -0.05) is 12.8 Å². The lowest BCUT2D eigenvalue weighted by molar-refractivity contribution is -0.133. The molecule has 0 aliphatic carbocycles. The van der Waals surface area contributed by atoms with Crippen LogP contribution in [0.5, 0.6) is 0 Å². The van der Waals surface area contributed by atoms with Crippen molar-refractivity contribution in [1.82, 2.24) is 9.80 Å². The highest BCUT2D eigenvalue weighted by Crippen LogP contribution is 2.09. The lowest BCUT2D eigenvalue weighted by Gasteiger charge is -2.37. The van der Waals surface area contributed by atoms with E-state index >= 15 is 0 Å². The molecule has 1 fully saturated rings. The van der Waals surface area contributed by atoms with Crippen LogP contribution in [0.15, 0.2) is 0 Å². The van der Waals surface area contributed by atoms with Crippen LogP contribution in [-0.4, -0.2) is 54.5 Å². The van der Waals surface area contributed by atoms with Gasteiger partial charge in [-0.15, -0.1) is 24.8 Å². The lowest BCUT2D eigenvalue weighted by atomic mass is 10.1. The highest BCUT2D eigenvalue weighted by molar-refractivity contribution is 5.85. The smallest absolute Gasteiger partial charge is 0.222 e. The number of hydrogen-bond donors (Lipinski definition) is 1. The number of carbonyl (C=O) groups excluding carboxylic acids is 1. The molecule has 0 spiro atoms. The zero-order valence-electron chi connectivity index (χ0n) is 12.8. The molecular formula is C14H31Cl2N3O. The maximum absolute atomic E-state index is 12.0. The molecule has 1 amide bonds. The van der Waals surface area contributed by atoms with Crippen LogP contribution in [0.4, 0.5) is 0 Å². The summed E-state index contributed by atoms with van der Waals surface area (Å²) in [5, 5.41) is 0. The topological polar surface area (TPSA) is 49.6 Å². The predicted octanol–water partition coefficient (Wildman–Crippen LogP) is 2.29. The predicted molar refractivity (Wildman–Crippen MR) is 89.9 cm³/mol. The molecule has 1 aliphatic rings. The van der Waals surface area contributed by atoms with Crippen LogP contribution in [0.3, 0.4) is 0 Å². The third-order valence-electron chi connectivity index (χ3n) is 3.74. The van der Waals surface area contributed by atoms with Gasteiger partial charge in [-0.3, -0.25) is 9.69 Å². The largest absolute Gasteiger partial charge is 0.340 e. The van der Waals surface area contributed by atoms with Gasteiger partial charge in [0.15, 0.2) is 0 Å². The minimum Gasteiger partial charge on any atom is -0.340 e. The van der Waals surface area contributed by atoms with Gasteiger partial charge < -0.3 is 10.6 Å². The molecule has 0 aromatic carbocycles. The van der Waals surface area contributed by atoms with Crippen molar-refractivity contribution in [2.24, 2.45) is 5.73 Å². The van der Waals surface area contributed by atoms with Gasteiger partial charge in [0.05, 0.1) is 0 Å². The molecular weight excluding hydrogens is 297 g/mol. The van der Waals surface area contributed by atoms with E-state index in [-0.39, 0.29) is 24.8 Å². The van der Waals surface area contributed by atoms with Crippen molar-refractivity contribution in [3.63, 3.8) is 0 Å². The fraction of sp³-hybridized carbons (Fsp3) is 0.929. The van der Waals surface area contributed by atoms with Gasteiger partial charge in [-0.2, -0.15) is 0 Å². The highest BCUT2D eigenvalue weighted by Gasteiger charge is 2.21. The lowest BCUT2D eigenvalue weighted by Crippen LogP contribution is -2.50. The number of halogens is 2. The minimum atomic E-state index is 0. The van der Waals surface area contributed by atoms with E-state index in [1.807, 2.05) is 4.90 Å². The van der Waals surface area contributed by atoms with E-state index in [2.05, 4.69) is 18.7 Å². The van der Waals surface area contributed by atoms with Crippen molar-refractivity contribution in [3.8, 4) is 0 Å². The average molecular weight is 328 g/mol. The van der Waals surface area contributed by atoms with Crippen LogP contribution in [0.1, 0.15) is 46.0 Å². The SMILES string of the molecule is CC(C)N1CCN(C(=O)CCCCCCN)CC1.Cl.Cl. The third kappa shape index (κ3) is 8.30. The number of nitrogens with zero attached hydrogens (tertiary/aromatic N) is 2. The maximum atomic E-state index is 12.0. The molecule has 20 heavy (non-hydrogen) atoms. The second-order valence-electron chi connectivity index (χ2n) is 5.46. The molecule has 1 heterocycles. The van der Waals surface area contributed by atoms with Crippen molar-refractivity contribution >= 4 is 30.7 Å². The van der Waals surface area contributed by atoms with Gasteiger partial charge in [0.1, 0.15) is 0 Å². The summed E-state index contributed by atoms with van der Waals surface area (Å²) >= 11 is 0. The van der Waals surface area contributed by atoms with Crippen LogP contribution in [-0.2, 0) is 4.79 Å². The molecule has 0 aromatic heterocycles. The molecule has 0 radical (unpaired) electrons. The van der Waals surface area contributed by atoms with Crippen LogP contribution < -0.4 is 5.73 Å². The first-order chi connectivity index (χ1) is 8.65. The fourth-order valence-electron chi connectivity index (χ4n) is 2.42. The van der Waals surface area contributed by atoms with E-state index in [4.69, 9.17) is 5.73 Å². The van der Waals surface area contributed by atoms with Crippen molar-refractivity contribution in [1.29, 1.82) is 0 Å². The molecule has 2 N–H and O–H groups in total. The van der Waals surface area contributed by atoms with Crippen LogP contribution >= 0.6 is 24.8 Å². The maximum Gasteiger partial charge on any atom is 0.222 e. The fourth-order valence-corrected chi connectivity index (χ4v) is 2.42. The molecule has 0 unspecified atom stereocenters. The van der Waals surface area contributed by atoms with Crippen molar-refractivity contribution in [3.05, 3.63) is 0 Å². The molecule has 0 atom stereocenters. The van der Waals surface area contributed by atoms with E-state index in [1.165, 1.54) is 0 Å². The number of hydrogen-bond acceptors (Lipinski definition) is 3. The molecule has 1 aliphatic heterocycles. The molecule has 0 bridgehead atoms. The van der Waals surface area contributed by atoms with E-state index in [0.717, 1.165) is 58.4 Å². The normalized spacial score (nSPS) is 15.7. The van der Waals surface area contributed by atoms with Crippen LogP contribution in [0, 0.1) is 0 Å². The number of rotatable bonds is 7. The zero-order chi connectivity index (χ0) is 13.4. The molecule has 122 valence electrons. The first kappa shape index (κ1) is 22.3. The van der Waals surface area contributed by atoms with Crippen molar-refractivity contribution in [2.45, 2.75) is 52.0 Å². The quantitative estimate of drug-likeness (QED) is 0.730. The molecule has 0 saturated carbocycles. The monoisotopic (exact) mass is 327 g/mol. The van der Waals surface area contributed by atoms with E-state index in [0.29, 0.717) is 18.4 Å². The first-order valence-corrected chi connectivity index (χ1v) is 7.37. The summed E-state index contributed by atoms with van der Waals surface area (Å²) < 4.78 is 0. The number of nitrogens with two attached hydrogens (primary N) is 1. The number of amides is 1. The summed E-state index contributed by atoms with van der Waals surface area (Å²) in [6, 6.07) is 0.596. The van der Waals surface area contributed by atoms with Gasteiger partial charge in [0.2, 0.25) is 5.91 Å². The third-order valence-corrected chi connectivity index (χ3v) is 3.74. The molecule has 0 aromatic rings. The van der Waals surface area contributed by atoms with E-state index < -0.39 is 0 Å². The summed E-state index contributed by atoms with van der Waals surface area (Å²) in [6.07, 6.45) is 5.11. The van der Waals surface area contributed by atoms with Crippen molar-refractivity contribution < 1.29 is 4.79 Å². The number of unbranched alkanes of at least 4 members (excludes halogenated alkanes) is 3. The summed E-state index contributed by atoms with van der Waals surface area (Å²) in [5.74, 6) is 0.339. The summed E-state index contributed by atoms with van der Waals surface area (Å²) in [7, 11) is 0. The molecule has 1 rings (SSSR count). The second-order valence-corrected chi connectivity index (χ2v) is 5.46. The van der Waals surface area contributed by atoms with Gasteiger partial charge in [0, 0.05) is 38.6 Å². The molecule has 1 saturated heterocycles. The second kappa shape index (κ2) is 12.7. The molecule has 6 heteroatoms. The van der Waals surface area contributed by atoms with Crippen LogP contribution in [0.25, 0.3) is 0 Å². The Bertz CT molecular complexity index is 245. The Labute approximate surface area is 136 Å².